The van der Waals surface area contributed by atoms with Crippen molar-refractivity contribution in [3.8, 4) is 0 Å². The van der Waals surface area contributed by atoms with Crippen LogP contribution in [0.15, 0.2) is 23.1 Å². The zero-order valence-electron chi connectivity index (χ0n) is 16.3. The second-order valence-corrected chi connectivity index (χ2v) is 9.94. The number of rotatable bonds is 4. The number of amides is 1. The number of carbonyl (C=O) groups excluding carboxylic acids is 1. The standard InChI is InChI=1S/C19H27F2N3O3S/c1-14-9-15(2)12-22(11-14)13-19(25)23-5-7-24(8-6-23)28(26,27)16-3-4-17(20)18(21)10-16/h3-4,10,14-15H,5-9,11-13H2,1-2H3/t14-,15+. The van der Waals surface area contributed by atoms with Gasteiger partial charge < -0.3 is 4.90 Å². The molecule has 1 aromatic rings. The molecule has 1 amide bonds. The summed E-state index contributed by atoms with van der Waals surface area (Å²) >= 11 is 0. The maximum atomic E-state index is 13.4. The Morgan fingerprint density at radius 3 is 2.21 bits per heavy atom. The molecular formula is C19H27F2N3O3S. The van der Waals surface area contributed by atoms with Crippen LogP contribution in [0, 0.1) is 23.5 Å². The minimum atomic E-state index is -3.91. The molecular weight excluding hydrogens is 388 g/mol. The number of halogens is 2. The van der Waals surface area contributed by atoms with E-state index in [9.17, 15) is 22.0 Å². The predicted octanol–water partition coefficient (Wildman–Crippen LogP) is 1.78. The van der Waals surface area contributed by atoms with E-state index in [1.807, 2.05) is 0 Å². The summed E-state index contributed by atoms with van der Waals surface area (Å²) < 4.78 is 53.0. The van der Waals surface area contributed by atoms with E-state index in [0.29, 0.717) is 37.5 Å². The molecule has 0 unspecified atom stereocenters. The van der Waals surface area contributed by atoms with E-state index < -0.39 is 21.7 Å². The van der Waals surface area contributed by atoms with Crippen LogP contribution in [0.3, 0.4) is 0 Å². The smallest absolute Gasteiger partial charge is 0.243 e. The first-order valence-electron chi connectivity index (χ1n) is 9.62. The van der Waals surface area contributed by atoms with Gasteiger partial charge in [0.25, 0.3) is 0 Å². The van der Waals surface area contributed by atoms with Gasteiger partial charge in [0.05, 0.1) is 11.4 Å². The largest absolute Gasteiger partial charge is 0.339 e. The SMILES string of the molecule is C[C@@H]1C[C@H](C)CN(CC(=O)N2CCN(S(=O)(=O)c3ccc(F)c(F)c3)CC2)C1. The minimum Gasteiger partial charge on any atom is -0.339 e. The van der Waals surface area contributed by atoms with Gasteiger partial charge in [0.1, 0.15) is 0 Å². The summed E-state index contributed by atoms with van der Waals surface area (Å²) in [7, 11) is -3.91. The second-order valence-electron chi connectivity index (χ2n) is 8.00. The van der Waals surface area contributed by atoms with Crippen LogP contribution >= 0.6 is 0 Å². The molecule has 0 bridgehead atoms. The van der Waals surface area contributed by atoms with Crippen molar-refractivity contribution in [2.45, 2.75) is 25.2 Å². The van der Waals surface area contributed by atoms with Crippen LogP contribution in [0.25, 0.3) is 0 Å². The summed E-state index contributed by atoms with van der Waals surface area (Å²) in [5, 5.41) is 0. The van der Waals surface area contributed by atoms with E-state index in [1.54, 1.807) is 4.90 Å². The van der Waals surface area contributed by atoms with E-state index in [2.05, 4.69) is 18.7 Å². The number of benzene rings is 1. The molecule has 6 nitrogen and oxygen atoms in total. The Labute approximate surface area is 165 Å². The normalized spacial score (nSPS) is 25.1. The molecule has 0 aromatic heterocycles. The van der Waals surface area contributed by atoms with Gasteiger partial charge in [-0.1, -0.05) is 13.8 Å². The molecule has 0 saturated carbocycles. The third kappa shape index (κ3) is 4.69. The first kappa shape index (κ1) is 21.1. The van der Waals surface area contributed by atoms with Crippen molar-refractivity contribution in [3.05, 3.63) is 29.8 Å². The molecule has 0 aliphatic carbocycles. The van der Waals surface area contributed by atoms with E-state index in [1.165, 1.54) is 10.7 Å². The van der Waals surface area contributed by atoms with Crippen LogP contribution in [0.1, 0.15) is 20.3 Å². The summed E-state index contributed by atoms with van der Waals surface area (Å²) in [5.74, 6) is -1.15. The fraction of sp³-hybridized carbons (Fsp3) is 0.632. The van der Waals surface area contributed by atoms with Crippen molar-refractivity contribution < 1.29 is 22.0 Å². The minimum absolute atomic E-state index is 0.00572. The Morgan fingerprint density at radius 2 is 1.64 bits per heavy atom. The predicted molar refractivity (Wildman–Crippen MR) is 101 cm³/mol. The third-order valence-electron chi connectivity index (χ3n) is 5.42. The second kappa shape index (κ2) is 8.42. The van der Waals surface area contributed by atoms with Gasteiger partial charge in [-0.15, -0.1) is 0 Å². The molecule has 156 valence electrons. The highest BCUT2D eigenvalue weighted by molar-refractivity contribution is 7.89. The van der Waals surface area contributed by atoms with Crippen LogP contribution in [0.2, 0.25) is 0 Å². The van der Waals surface area contributed by atoms with E-state index in [4.69, 9.17) is 0 Å². The monoisotopic (exact) mass is 415 g/mol. The fourth-order valence-electron chi connectivity index (χ4n) is 4.18. The van der Waals surface area contributed by atoms with Crippen molar-refractivity contribution in [1.82, 2.24) is 14.1 Å². The van der Waals surface area contributed by atoms with E-state index in [0.717, 1.165) is 25.2 Å². The van der Waals surface area contributed by atoms with Gasteiger partial charge >= 0.3 is 0 Å². The third-order valence-corrected chi connectivity index (χ3v) is 7.32. The quantitative estimate of drug-likeness (QED) is 0.752. The fourth-order valence-corrected chi connectivity index (χ4v) is 5.61. The summed E-state index contributed by atoms with van der Waals surface area (Å²) in [5.41, 5.74) is 0. The first-order valence-corrected chi connectivity index (χ1v) is 11.1. The van der Waals surface area contributed by atoms with Gasteiger partial charge in [0.2, 0.25) is 15.9 Å². The Balaban J connectivity index is 1.57. The number of likely N-dealkylation sites (tertiary alicyclic amines) is 1. The summed E-state index contributed by atoms with van der Waals surface area (Å²) in [4.78, 5) is 16.2. The van der Waals surface area contributed by atoms with Gasteiger partial charge in [0, 0.05) is 39.3 Å². The molecule has 0 N–H and O–H groups in total. The molecule has 2 saturated heterocycles. The van der Waals surface area contributed by atoms with Crippen LogP contribution in [-0.4, -0.2) is 74.2 Å². The average molecular weight is 416 g/mol. The summed E-state index contributed by atoms with van der Waals surface area (Å²) in [6, 6.07) is 2.56. The number of carbonyl (C=O) groups is 1. The molecule has 2 fully saturated rings. The Morgan fingerprint density at radius 1 is 1.04 bits per heavy atom. The van der Waals surface area contributed by atoms with Gasteiger partial charge in [-0.2, -0.15) is 4.31 Å². The molecule has 3 rings (SSSR count). The zero-order valence-corrected chi connectivity index (χ0v) is 17.1. The van der Waals surface area contributed by atoms with Crippen molar-refractivity contribution in [1.29, 1.82) is 0 Å². The number of nitrogens with zero attached hydrogens (tertiary/aromatic N) is 3. The van der Waals surface area contributed by atoms with Crippen molar-refractivity contribution in [2.24, 2.45) is 11.8 Å². The number of hydrogen-bond acceptors (Lipinski definition) is 4. The van der Waals surface area contributed by atoms with Crippen LogP contribution in [0.4, 0.5) is 8.78 Å². The lowest BCUT2D eigenvalue weighted by atomic mass is 9.92. The van der Waals surface area contributed by atoms with Crippen molar-refractivity contribution in [3.63, 3.8) is 0 Å². The van der Waals surface area contributed by atoms with Crippen molar-refractivity contribution in [2.75, 3.05) is 45.8 Å². The number of hydrogen-bond donors (Lipinski definition) is 0. The Kier molecular flexibility index (Phi) is 6.36. The maximum Gasteiger partial charge on any atom is 0.243 e. The molecule has 2 aliphatic heterocycles. The highest BCUT2D eigenvalue weighted by Gasteiger charge is 2.32. The van der Waals surface area contributed by atoms with E-state index in [-0.39, 0.29) is 23.9 Å². The molecule has 0 radical (unpaired) electrons. The van der Waals surface area contributed by atoms with Gasteiger partial charge in [0.15, 0.2) is 11.6 Å². The van der Waals surface area contributed by atoms with Gasteiger partial charge in [-0.25, -0.2) is 17.2 Å². The van der Waals surface area contributed by atoms with Crippen LogP contribution in [-0.2, 0) is 14.8 Å². The molecule has 2 heterocycles. The topological polar surface area (TPSA) is 60.9 Å². The summed E-state index contributed by atoms with van der Waals surface area (Å²) in [6.07, 6.45) is 1.17. The number of piperidine rings is 1. The Bertz CT molecular complexity index is 816. The average Bonchev–Trinajstić information content (AvgIpc) is 2.63. The molecule has 9 heteroatoms. The molecule has 1 aromatic carbocycles. The van der Waals surface area contributed by atoms with Crippen LogP contribution < -0.4 is 0 Å². The highest BCUT2D eigenvalue weighted by Crippen LogP contribution is 2.22. The van der Waals surface area contributed by atoms with Crippen molar-refractivity contribution >= 4 is 15.9 Å². The van der Waals surface area contributed by atoms with Gasteiger partial charge in [-0.3, -0.25) is 9.69 Å². The molecule has 28 heavy (non-hydrogen) atoms. The maximum absolute atomic E-state index is 13.4. The number of sulfonamides is 1. The zero-order chi connectivity index (χ0) is 20.5. The molecule has 2 atom stereocenters. The molecule has 0 spiro atoms. The summed E-state index contributed by atoms with van der Waals surface area (Å²) in [6.45, 7) is 7.40. The lowest BCUT2D eigenvalue weighted by molar-refractivity contribution is -0.134. The number of piperazine rings is 1. The van der Waals surface area contributed by atoms with Gasteiger partial charge in [-0.05, 0) is 36.5 Å². The van der Waals surface area contributed by atoms with E-state index >= 15 is 0 Å². The first-order chi connectivity index (χ1) is 13.2. The van der Waals surface area contributed by atoms with Crippen LogP contribution in [0.5, 0.6) is 0 Å². The highest BCUT2D eigenvalue weighted by atomic mass is 32.2. The Hall–Kier alpha value is -1.58. The molecule has 2 aliphatic rings. The lowest BCUT2D eigenvalue weighted by Gasteiger charge is -2.38. The lowest BCUT2D eigenvalue weighted by Crippen LogP contribution is -2.53.